The van der Waals surface area contributed by atoms with E-state index >= 15 is 0 Å². The molecule has 4 heteroatoms. The minimum atomic E-state index is -0.512. The van der Waals surface area contributed by atoms with Crippen LogP contribution in [-0.4, -0.2) is 31.1 Å². The largest absolute Gasteiger partial charge is 0.475 e. The molecule has 0 N–H and O–H groups in total. The van der Waals surface area contributed by atoms with E-state index in [-0.39, 0.29) is 5.97 Å². The summed E-state index contributed by atoms with van der Waals surface area (Å²) in [4.78, 5) is 15.2. The Hall–Kier alpha value is -1.06. The fourth-order valence-corrected chi connectivity index (χ4v) is 1.55. The molecule has 0 aromatic carbocycles. The van der Waals surface area contributed by atoms with Gasteiger partial charge in [0, 0.05) is 0 Å². The second-order valence-electron chi connectivity index (χ2n) is 3.36. The lowest BCUT2D eigenvalue weighted by atomic mass is 9.92. The van der Waals surface area contributed by atoms with Gasteiger partial charge in [0.25, 0.3) is 0 Å². The van der Waals surface area contributed by atoms with Gasteiger partial charge in [0.2, 0.25) is 0 Å². The highest BCUT2D eigenvalue weighted by Crippen LogP contribution is 2.28. The number of methoxy groups -OCH3 is 1. The molecule has 2 atom stereocenters. The fourth-order valence-electron chi connectivity index (χ4n) is 1.55. The molecule has 74 valence electrons. The molecule has 1 rings (SSSR count). The van der Waals surface area contributed by atoms with E-state index in [1.54, 1.807) is 0 Å². The minimum absolute atomic E-state index is 0.329. The number of nitrogens with zero attached hydrogens (tertiary/aromatic N) is 1. The van der Waals surface area contributed by atoms with E-state index in [0.717, 1.165) is 12.8 Å². The van der Waals surface area contributed by atoms with Crippen LogP contribution in [0.1, 0.15) is 26.7 Å². The molecule has 0 radical (unpaired) electrons. The molecule has 1 aliphatic heterocycles. The lowest BCUT2D eigenvalue weighted by Gasteiger charge is -2.26. The van der Waals surface area contributed by atoms with Crippen LogP contribution in [-0.2, 0) is 14.3 Å². The third-order valence-electron chi connectivity index (χ3n) is 2.28. The van der Waals surface area contributed by atoms with Crippen molar-refractivity contribution in [1.82, 2.24) is 0 Å². The van der Waals surface area contributed by atoms with E-state index < -0.39 is 11.6 Å². The summed E-state index contributed by atoms with van der Waals surface area (Å²) < 4.78 is 9.97. The Morgan fingerprint density at radius 2 is 2.46 bits per heavy atom. The van der Waals surface area contributed by atoms with E-state index in [2.05, 4.69) is 9.73 Å². The molecule has 0 saturated heterocycles. The average Bonchev–Trinajstić information content (AvgIpc) is 2.47. The maximum atomic E-state index is 11.3. The number of rotatable bonds is 3. The van der Waals surface area contributed by atoms with Crippen LogP contribution < -0.4 is 0 Å². The number of carbonyl (C=O) groups is 1. The van der Waals surface area contributed by atoms with Crippen LogP contribution in [0.15, 0.2) is 4.99 Å². The molecule has 1 aliphatic rings. The van der Waals surface area contributed by atoms with Crippen LogP contribution in [0.3, 0.4) is 0 Å². The molecule has 0 aromatic heterocycles. The molecule has 0 amide bonds. The van der Waals surface area contributed by atoms with Crippen molar-refractivity contribution >= 4 is 12.4 Å². The lowest BCUT2D eigenvalue weighted by molar-refractivity contribution is -0.146. The molecule has 0 saturated carbocycles. The fraction of sp³-hybridized carbons (Fsp3) is 0.778. The average molecular weight is 185 g/mol. The Morgan fingerprint density at radius 3 is 3.00 bits per heavy atom. The van der Waals surface area contributed by atoms with Crippen molar-refractivity contribution in [1.29, 1.82) is 0 Å². The van der Waals surface area contributed by atoms with Gasteiger partial charge in [0.15, 0.2) is 12.4 Å². The van der Waals surface area contributed by atoms with E-state index in [4.69, 9.17) is 4.74 Å². The maximum Gasteiger partial charge on any atom is 0.334 e. The number of carbonyl (C=O) groups excluding carboxylic acids is 1. The summed E-state index contributed by atoms with van der Waals surface area (Å²) in [5, 5.41) is 0. The Bertz CT molecular complexity index is 227. The first-order valence-electron chi connectivity index (χ1n) is 4.41. The van der Waals surface area contributed by atoms with Gasteiger partial charge >= 0.3 is 5.97 Å². The Kier molecular flexibility index (Phi) is 2.90. The van der Waals surface area contributed by atoms with Crippen molar-refractivity contribution in [3.05, 3.63) is 0 Å². The first-order chi connectivity index (χ1) is 6.14. The van der Waals surface area contributed by atoms with Gasteiger partial charge < -0.3 is 9.47 Å². The molecule has 1 heterocycles. The lowest BCUT2D eigenvalue weighted by Crippen LogP contribution is -2.42. The van der Waals surface area contributed by atoms with Gasteiger partial charge in [0.1, 0.15) is 5.60 Å². The highest BCUT2D eigenvalue weighted by molar-refractivity contribution is 5.80. The number of esters is 1. The van der Waals surface area contributed by atoms with E-state index in [1.807, 2.05) is 13.8 Å². The predicted molar refractivity (Wildman–Crippen MR) is 48.7 cm³/mol. The normalized spacial score (nSPS) is 31.5. The monoisotopic (exact) mass is 185 g/mol. The summed E-state index contributed by atoms with van der Waals surface area (Å²) in [6.07, 6.45) is 3.09. The first kappa shape index (κ1) is 10.0. The zero-order valence-corrected chi connectivity index (χ0v) is 8.24. The highest BCUT2D eigenvalue weighted by atomic mass is 16.5. The number of hydrogen-bond donors (Lipinski definition) is 0. The highest BCUT2D eigenvalue weighted by Gasteiger charge is 2.43. The summed E-state index contributed by atoms with van der Waals surface area (Å²) in [6, 6.07) is -0.502. The van der Waals surface area contributed by atoms with Crippen LogP contribution in [0.5, 0.6) is 0 Å². The molecule has 13 heavy (non-hydrogen) atoms. The molecule has 0 aromatic rings. The smallest absolute Gasteiger partial charge is 0.334 e. The second kappa shape index (κ2) is 3.77. The van der Waals surface area contributed by atoms with Crippen molar-refractivity contribution in [2.75, 3.05) is 7.11 Å². The van der Waals surface area contributed by atoms with Crippen LogP contribution >= 0.6 is 0 Å². The summed E-state index contributed by atoms with van der Waals surface area (Å²) >= 11 is 0. The SMILES string of the molecule is CCC[C@]1(C)OC=N[C@H]1C(=O)OC. The van der Waals surface area contributed by atoms with Gasteiger partial charge in [-0.2, -0.15) is 0 Å². The third-order valence-corrected chi connectivity index (χ3v) is 2.28. The van der Waals surface area contributed by atoms with Gasteiger partial charge in [-0.05, 0) is 13.3 Å². The first-order valence-corrected chi connectivity index (χ1v) is 4.41. The van der Waals surface area contributed by atoms with Crippen LogP contribution in [0.4, 0.5) is 0 Å². The zero-order valence-electron chi connectivity index (χ0n) is 8.24. The molecule has 0 bridgehead atoms. The van der Waals surface area contributed by atoms with Gasteiger partial charge in [-0.25, -0.2) is 9.79 Å². The summed E-state index contributed by atoms with van der Waals surface area (Å²) in [6.45, 7) is 3.92. The summed E-state index contributed by atoms with van der Waals surface area (Å²) in [7, 11) is 1.36. The Labute approximate surface area is 77.9 Å². The van der Waals surface area contributed by atoms with Crippen molar-refractivity contribution in [3.63, 3.8) is 0 Å². The predicted octanol–water partition coefficient (Wildman–Crippen LogP) is 1.15. The Morgan fingerprint density at radius 1 is 1.77 bits per heavy atom. The standard InChI is InChI=1S/C9H15NO3/c1-4-5-9(2)7(8(11)12-3)10-6-13-9/h6-7H,4-5H2,1-3H3/t7-,9-/m0/s1. The third kappa shape index (κ3) is 1.82. The molecule has 4 nitrogen and oxygen atoms in total. The molecular formula is C9H15NO3. The number of ether oxygens (including phenoxy) is 2. The van der Waals surface area contributed by atoms with Crippen molar-refractivity contribution in [3.8, 4) is 0 Å². The van der Waals surface area contributed by atoms with Crippen LogP contribution in [0, 0.1) is 0 Å². The van der Waals surface area contributed by atoms with Crippen molar-refractivity contribution in [2.45, 2.75) is 38.3 Å². The topological polar surface area (TPSA) is 47.9 Å². The number of aliphatic imine (C=N–C) groups is 1. The quantitative estimate of drug-likeness (QED) is 0.619. The van der Waals surface area contributed by atoms with Gasteiger partial charge in [0.05, 0.1) is 7.11 Å². The van der Waals surface area contributed by atoms with Crippen LogP contribution in [0.2, 0.25) is 0 Å². The van der Waals surface area contributed by atoms with E-state index in [9.17, 15) is 4.79 Å². The molecule has 0 unspecified atom stereocenters. The Balaban J connectivity index is 2.71. The summed E-state index contributed by atoms with van der Waals surface area (Å²) in [5.74, 6) is -0.329. The van der Waals surface area contributed by atoms with E-state index in [0.29, 0.717) is 0 Å². The molecule has 0 spiro atoms. The minimum Gasteiger partial charge on any atom is -0.475 e. The maximum absolute atomic E-state index is 11.3. The zero-order chi connectivity index (χ0) is 9.90. The molecule has 0 fully saturated rings. The number of hydrogen-bond acceptors (Lipinski definition) is 4. The van der Waals surface area contributed by atoms with Crippen LogP contribution in [0.25, 0.3) is 0 Å². The van der Waals surface area contributed by atoms with Crippen molar-refractivity contribution < 1.29 is 14.3 Å². The van der Waals surface area contributed by atoms with E-state index in [1.165, 1.54) is 13.5 Å². The van der Waals surface area contributed by atoms with Crippen molar-refractivity contribution in [2.24, 2.45) is 4.99 Å². The second-order valence-corrected chi connectivity index (χ2v) is 3.36. The van der Waals surface area contributed by atoms with Gasteiger partial charge in [-0.1, -0.05) is 13.3 Å². The summed E-state index contributed by atoms with van der Waals surface area (Å²) in [5.41, 5.74) is -0.512. The molecular weight excluding hydrogens is 170 g/mol. The van der Waals surface area contributed by atoms with Gasteiger partial charge in [-0.15, -0.1) is 0 Å². The molecule has 0 aliphatic carbocycles. The van der Waals surface area contributed by atoms with Gasteiger partial charge in [-0.3, -0.25) is 0 Å².